The van der Waals surface area contributed by atoms with Gasteiger partial charge in [0.2, 0.25) is 5.95 Å². The average Bonchev–Trinajstić information content (AvgIpc) is 3.66. The fourth-order valence-electron chi connectivity index (χ4n) is 6.26. The maximum absolute atomic E-state index is 10.6. The number of hydrogen-bond donors (Lipinski definition) is 2. The van der Waals surface area contributed by atoms with Crippen molar-refractivity contribution >= 4 is 11.6 Å². The molecule has 6 rings (SSSR count). The first-order valence-corrected chi connectivity index (χ1v) is 15.1. The number of benzene rings is 1. The zero-order valence-corrected chi connectivity index (χ0v) is 25.2. The highest BCUT2D eigenvalue weighted by Crippen LogP contribution is 2.35. The number of aromatic nitrogens is 7. The number of nitrogens with one attached hydrogen (secondary N) is 1. The number of rotatable bonds is 9. The molecule has 2 aliphatic rings. The smallest absolute Gasteiger partial charge is 0.254 e. The number of nitriles is 1. The SMILES string of the molecule is C[C@@H]1CN([C@H]2CC[C@H](n3cc(Nc4ncc(-c5ccc(C#N)c(O[C@@H](C)Cn6cncn6)c5)cn4)c(O)n3)CC2)C[C@H](C)O1. The Morgan fingerprint density at radius 2 is 1.82 bits per heavy atom. The fraction of sp³-hybridized carbons (Fsp3) is 0.484. The lowest BCUT2D eigenvalue weighted by atomic mass is 9.89. The maximum atomic E-state index is 10.6. The largest absolute Gasteiger partial charge is 0.491 e. The molecule has 13 nitrogen and oxygen atoms in total. The van der Waals surface area contributed by atoms with Crippen molar-refractivity contribution in [1.82, 2.24) is 39.4 Å². The topological polar surface area (TPSA) is 152 Å². The fourth-order valence-corrected chi connectivity index (χ4v) is 6.26. The van der Waals surface area contributed by atoms with Crippen molar-refractivity contribution in [2.75, 3.05) is 18.4 Å². The molecular weight excluding hydrogens is 560 g/mol. The number of hydrogen-bond acceptors (Lipinski definition) is 11. The lowest BCUT2D eigenvalue weighted by molar-refractivity contribution is -0.0852. The molecule has 0 spiro atoms. The summed E-state index contributed by atoms with van der Waals surface area (Å²) in [5.74, 6) is 0.735. The summed E-state index contributed by atoms with van der Waals surface area (Å²) in [6.07, 6.45) is 12.8. The highest BCUT2D eigenvalue weighted by atomic mass is 16.5. The Morgan fingerprint density at radius 3 is 2.50 bits per heavy atom. The van der Waals surface area contributed by atoms with Crippen LogP contribution in [0.15, 0.2) is 49.4 Å². The van der Waals surface area contributed by atoms with Crippen molar-refractivity contribution in [3.8, 4) is 28.8 Å². The van der Waals surface area contributed by atoms with E-state index in [1.807, 2.05) is 29.9 Å². The van der Waals surface area contributed by atoms with Crippen LogP contribution in [0.25, 0.3) is 11.1 Å². The molecule has 0 bridgehead atoms. The molecule has 1 aliphatic heterocycles. The summed E-state index contributed by atoms with van der Waals surface area (Å²) < 4.78 is 15.5. The molecule has 1 saturated heterocycles. The van der Waals surface area contributed by atoms with Crippen LogP contribution in [0.4, 0.5) is 11.6 Å². The van der Waals surface area contributed by atoms with Gasteiger partial charge in [-0.25, -0.2) is 19.6 Å². The average molecular weight is 599 g/mol. The molecule has 3 atom stereocenters. The van der Waals surface area contributed by atoms with Crippen molar-refractivity contribution in [3.63, 3.8) is 0 Å². The second-order valence-corrected chi connectivity index (χ2v) is 11.8. The van der Waals surface area contributed by atoms with Gasteiger partial charge in [-0.05, 0) is 64.2 Å². The van der Waals surface area contributed by atoms with Gasteiger partial charge in [-0.3, -0.25) is 9.58 Å². The van der Waals surface area contributed by atoms with Crippen molar-refractivity contribution in [3.05, 3.63) is 55.0 Å². The van der Waals surface area contributed by atoms with Crippen LogP contribution in [-0.2, 0) is 11.3 Å². The zero-order valence-electron chi connectivity index (χ0n) is 25.2. The standard InChI is InChI=1S/C31H38N10O3/c1-20-14-39(15-21(2)43-20)26-6-8-27(9-7-26)41-17-28(30(42)38-41)37-31-34-12-25(13-35-31)23-4-5-24(11-32)29(10-23)44-22(3)16-40-19-33-18-36-40/h4-5,10,12-13,17-22,26-27H,6-9,14-16H2,1-3H3,(H,38,42)(H,34,35,37)/t20-,21+,22-,26-,27-/m0/s1. The van der Waals surface area contributed by atoms with E-state index in [-0.39, 0.29) is 30.2 Å². The Labute approximate surface area is 256 Å². The summed E-state index contributed by atoms with van der Waals surface area (Å²) in [4.78, 5) is 15.5. The van der Waals surface area contributed by atoms with Crippen LogP contribution in [0, 0.1) is 11.3 Å². The molecule has 1 aliphatic carbocycles. The van der Waals surface area contributed by atoms with Gasteiger partial charge in [0.15, 0.2) is 0 Å². The van der Waals surface area contributed by atoms with Crippen LogP contribution in [-0.4, -0.2) is 82.0 Å². The molecule has 0 radical (unpaired) electrons. The molecule has 44 heavy (non-hydrogen) atoms. The quantitative estimate of drug-likeness (QED) is 0.283. The van der Waals surface area contributed by atoms with Gasteiger partial charge < -0.3 is 19.9 Å². The van der Waals surface area contributed by atoms with Gasteiger partial charge in [0.25, 0.3) is 5.88 Å². The number of aromatic hydroxyl groups is 1. The summed E-state index contributed by atoms with van der Waals surface area (Å²) >= 11 is 0. The molecular formula is C31H38N10O3. The Morgan fingerprint density at radius 1 is 1.09 bits per heavy atom. The number of anilines is 2. The van der Waals surface area contributed by atoms with Gasteiger partial charge in [0.05, 0.1) is 36.6 Å². The summed E-state index contributed by atoms with van der Waals surface area (Å²) in [5, 5.41) is 31.8. The van der Waals surface area contributed by atoms with Crippen molar-refractivity contribution in [1.29, 1.82) is 5.26 Å². The lowest BCUT2D eigenvalue weighted by Crippen LogP contribution is -2.51. The minimum atomic E-state index is -0.233. The second-order valence-electron chi connectivity index (χ2n) is 11.8. The van der Waals surface area contributed by atoms with Crippen LogP contribution in [0.2, 0.25) is 0 Å². The molecule has 1 aromatic carbocycles. The Bertz CT molecular complexity index is 1570. The van der Waals surface area contributed by atoms with E-state index in [0.717, 1.165) is 49.9 Å². The van der Waals surface area contributed by atoms with E-state index in [4.69, 9.17) is 9.47 Å². The third-order valence-corrected chi connectivity index (χ3v) is 8.29. The molecule has 2 fully saturated rings. The van der Waals surface area contributed by atoms with Crippen molar-refractivity contribution < 1.29 is 14.6 Å². The van der Waals surface area contributed by atoms with Gasteiger partial charge >= 0.3 is 0 Å². The first kappa shape index (κ1) is 29.5. The molecule has 1 saturated carbocycles. The molecule has 2 N–H and O–H groups in total. The second kappa shape index (κ2) is 13.0. The first-order valence-electron chi connectivity index (χ1n) is 15.1. The third kappa shape index (κ3) is 6.82. The third-order valence-electron chi connectivity index (χ3n) is 8.29. The van der Waals surface area contributed by atoms with Crippen LogP contribution in [0.3, 0.4) is 0 Å². The van der Waals surface area contributed by atoms with Gasteiger partial charge in [-0.1, -0.05) is 6.07 Å². The summed E-state index contributed by atoms with van der Waals surface area (Å²) in [5.41, 5.74) is 2.47. The highest BCUT2D eigenvalue weighted by molar-refractivity contribution is 5.67. The summed E-state index contributed by atoms with van der Waals surface area (Å²) in [7, 11) is 0. The molecule has 3 aromatic heterocycles. The molecule has 0 amide bonds. The lowest BCUT2D eigenvalue weighted by Gasteiger charge is -2.42. The molecule has 13 heteroatoms. The molecule has 230 valence electrons. The van der Waals surface area contributed by atoms with Crippen LogP contribution >= 0.6 is 0 Å². The van der Waals surface area contributed by atoms with E-state index in [2.05, 4.69) is 55.3 Å². The molecule has 4 heterocycles. The van der Waals surface area contributed by atoms with E-state index in [0.29, 0.717) is 35.5 Å². The minimum Gasteiger partial charge on any atom is -0.491 e. The Hall–Kier alpha value is -4.54. The van der Waals surface area contributed by atoms with E-state index < -0.39 is 0 Å². The normalized spacial score (nSPS) is 23.1. The van der Waals surface area contributed by atoms with Gasteiger partial charge in [0.1, 0.15) is 36.3 Å². The van der Waals surface area contributed by atoms with Crippen molar-refractivity contribution in [2.24, 2.45) is 0 Å². The molecule has 0 unspecified atom stereocenters. The van der Waals surface area contributed by atoms with Gasteiger partial charge in [0, 0.05) is 37.1 Å². The predicted octanol–water partition coefficient (Wildman–Crippen LogP) is 4.31. The van der Waals surface area contributed by atoms with Crippen LogP contribution < -0.4 is 10.1 Å². The summed E-state index contributed by atoms with van der Waals surface area (Å²) in [6, 6.07) is 8.36. The predicted molar refractivity (Wildman–Crippen MR) is 162 cm³/mol. The van der Waals surface area contributed by atoms with Gasteiger partial charge in [-0.2, -0.15) is 10.4 Å². The zero-order chi connectivity index (χ0) is 30.6. The van der Waals surface area contributed by atoms with Crippen molar-refractivity contribution in [2.45, 2.75) is 83.4 Å². The van der Waals surface area contributed by atoms with Gasteiger partial charge in [-0.15, -0.1) is 5.10 Å². The van der Waals surface area contributed by atoms with Crippen LogP contribution in [0.5, 0.6) is 11.6 Å². The first-order chi connectivity index (χ1) is 21.3. The van der Waals surface area contributed by atoms with E-state index in [1.54, 1.807) is 29.5 Å². The van der Waals surface area contributed by atoms with E-state index in [9.17, 15) is 10.4 Å². The maximum Gasteiger partial charge on any atom is 0.254 e. The summed E-state index contributed by atoms with van der Waals surface area (Å²) in [6.45, 7) is 8.68. The number of morpholine rings is 1. The Balaban J connectivity index is 1.07. The number of nitrogens with zero attached hydrogens (tertiary/aromatic N) is 9. The molecule has 4 aromatic rings. The Kier molecular flexibility index (Phi) is 8.72. The van der Waals surface area contributed by atoms with E-state index >= 15 is 0 Å². The highest BCUT2D eigenvalue weighted by Gasteiger charge is 2.32. The monoisotopic (exact) mass is 598 g/mol. The van der Waals surface area contributed by atoms with E-state index in [1.165, 1.54) is 6.33 Å². The number of ether oxygens (including phenoxy) is 2. The van der Waals surface area contributed by atoms with Crippen LogP contribution in [0.1, 0.15) is 58.1 Å². The minimum absolute atomic E-state index is 0.0791.